The molecule has 0 bridgehead atoms. The molecule has 6 heteroatoms. The number of halogens is 1. The molecular formula is C38H49FN2O3. The molecule has 5 nitrogen and oxygen atoms in total. The first-order valence-electron chi connectivity index (χ1n) is 16.8. The predicted octanol–water partition coefficient (Wildman–Crippen LogP) is 8.15. The van der Waals surface area contributed by atoms with Crippen molar-refractivity contribution in [3.63, 3.8) is 0 Å². The van der Waals surface area contributed by atoms with Crippen LogP contribution in [0.5, 0.6) is 0 Å². The van der Waals surface area contributed by atoms with E-state index in [1.54, 1.807) is 0 Å². The summed E-state index contributed by atoms with van der Waals surface area (Å²) in [5.41, 5.74) is 3.55. The van der Waals surface area contributed by atoms with Crippen LogP contribution in [0.4, 0.5) is 4.39 Å². The third-order valence-electron chi connectivity index (χ3n) is 14.3. The van der Waals surface area contributed by atoms with E-state index in [1.165, 1.54) is 23.3 Å². The summed E-state index contributed by atoms with van der Waals surface area (Å²) in [6.45, 7) is 18.1. The Labute approximate surface area is 262 Å². The van der Waals surface area contributed by atoms with Gasteiger partial charge in [0.05, 0.1) is 16.8 Å². The lowest BCUT2D eigenvalue weighted by molar-refractivity contribution is -0.207. The number of allylic oxidation sites excluding steroid dienone is 1. The second-order valence-corrected chi connectivity index (χ2v) is 16.9. The molecule has 1 saturated heterocycles. The molecule has 1 aromatic carbocycles. The Morgan fingerprint density at radius 3 is 2.34 bits per heavy atom. The first kappa shape index (κ1) is 29.9. The molecule has 3 fully saturated rings. The van der Waals surface area contributed by atoms with E-state index >= 15 is 0 Å². The van der Waals surface area contributed by atoms with Crippen LogP contribution in [0.15, 0.2) is 35.9 Å². The van der Waals surface area contributed by atoms with Gasteiger partial charge in [-0.1, -0.05) is 47.1 Å². The highest BCUT2D eigenvalue weighted by atomic mass is 19.1. The third kappa shape index (κ3) is 3.54. The minimum atomic E-state index is -0.566. The van der Waals surface area contributed by atoms with Crippen LogP contribution in [0.25, 0.3) is 11.3 Å². The first-order chi connectivity index (χ1) is 20.4. The molecule has 5 aliphatic rings. The average Bonchev–Trinajstić information content (AvgIpc) is 3.27. The molecule has 8 unspecified atom stereocenters. The molecule has 236 valence electrons. The first-order valence-corrected chi connectivity index (χ1v) is 16.8. The molecule has 1 aromatic heterocycles. The maximum Gasteiger partial charge on any atom is 0.312 e. The highest BCUT2D eigenvalue weighted by molar-refractivity contribution is 5.96. The lowest BCUT2D eigenvalue weighted by atomic mass is 9.34. The van der Waals surface area contributed by atoms with Crippen molar-refractivity contribution in [2.45, 2.75) is 111 Å². The monoisotopic (exact) mass is 600 g/mol. The second-order valence-electron chi connectivity index (χ2n) is 16.9. The molecule has 44 heavy (non-hydrogen) atoms. The zero-order valence-corrected chi connectivity index (χ0v) is 28.1. The lowest BCUT2D eigenvalue weighted by Crippen LogP contribution is -2.67. The number of ether oxygens (including phenoxy) is 1. The minimum absolute atomic E-state index is 0.0500. The summed E-state index contributed by atoms with van der Waals surface area (Å²) in [5, 5.41) is 5.11. The van der Waals surface area contributed by atoms with Gasteiger partial charge in [0.1, 0.15) is 11.4 Å². The molecule has 0 N–H and O–H groups in total. The summed E-state index contributed by atoms with van der Waals surface area (Å²) in [7, 11) is 1.99. The summed E-state index contributed by atoms with van der Waals surface area (Å²) in [4.78, 5) is 28.0. The van der Waals surface area contributed by atoms with Crippen LogP contribution in [-0.2, 0) is 33.2 Å². The number of nitrogens with zero attached hydrogens (tertiary/aromatic N) is 2. The molecule has 8 atom stereocenters. The van der Waals surface area contributed by atoms with Crippen molar-refractivity contribution >= 4 is 11.8 Å². The van der Waals surface area contributed by atoms with Crippen LogP contribution in [0.2, 0.25) is 0 Å². The van der Waals surface area contributed by atoms with Crippen molar-refractivity contribution in [1.29, 1.82) is 0 Å². The number of aryl methyl sites for hydroxylation is 1. The van der Waals surface area contributed by atoms with Gasteiger partial charge in [-0.25, -0.2) is 4.39 Å². The van der Waals surface area contributed by atoms with Crippen molar-refractivity contribution in [2.75, 3.05) is 0 Å². The fourth-order valence-corrected chi connectivity index (χ4v) is 11.5. The number of aromatic nitrogens is 2. The van der Waals surface area contributed by atoms with Gasteiger partial charge in [0.15, 0.2) is 5.78 Å². The van der Waals surface area contributed by atoms with Crippen LogP contribution in [0, 0.1) is 45.2 Å². The summed E-state index contributed by atoms with van der Waals surface area (Å²) < 4.78 is 22.2. The van der Waals surface area contributed by atoms with Crippen LogP contribution in [-0.4, -0.2) is 27.1 Å². The van der Waals surface area contributed by atoms with Crippen molar-refractivity contribution in [3.05, 3.63) is 53.0 Å². The standard InChI is InChI=1S/C38H49FN2O3/c1-10-34(4)21-26-25-19-27(42)30-35(5)20-24-29(22-11-13-23(39)14-12-22)41(9)40-31(24)33(2,3)28(35)15-16-37(30,7)36(25,6)17-18-38(26,8)44-32(34)43/h11-14,19,26,28,30H,10,15-18,20-21H2,1-9H3. The highest BCUT2D eigenvalue weighted by Gasteiger charge is 2.71. The number of ketones is 1. The van der Waals surface area contributed by atoms with Gasteiger partial charge in [0, 0.05) is 35.4 Å². The van der Waals surface area contributed by atoms with Crippen LogP contribution < -0.4 is 0 Å². The number of benzene rings is 1. The van der Waals surface area contributed by atoms with Gasteiger partial charge in [0.2, 0.25) is 0 Å². The topological polar surface area (TPSA) is 61.2 Å². The number of hydrogen-bond acceptors (Lipinski definition) is 4. The van der Waals surface area contributed by atoms with Gasteiger partial charge in [-0.2, -0.15) is 5.10 Å². The number of esters is 1. The zero-order valence-electron chi connectivity index (χ0n) is 28.1. The molecule has 4 aliphatic carbocycles. The van der Waals surface area contributed by atoms with Crippen molar-refractivity contribution in [1.82, 2.24) is 9.78 Å². The lowest BCUT2D eigenvalue weighted by Gasteiger charge is -2.69. The molecule has 2 aromatic rings. The molecule has 7 rings (SSSR count). The second kappa shape index (κ2) is 8.94. The number of fused-ring (bicyclic) bond motifs is 8. The number of hydrogen-bond donors (Lipinski definition) is 0. The fourth-order valence-electron chi connectivity index (χ4n) is 11.5. The maximum absolute atomic E-state index is 14.8. The van der Waals surface area contributed by atoms with Crippen molar-refractivity contribution in [3.8, 4) is 11.3 Å². The van der Waals surface area contributed by atoms with Crippen LogP contribution in [0.1, 0.15) is 105 Å². The van der Waals surface area contributed by atoms with E-state index in [1.807, 2.05) is 36.9 Å². The minimum Gasteiger partial charge on any atom is -0.458 e. The number of carbonyl (C=O) groups excluding carboxylic acids is 2. The summed E-state index contributed by atoms with van der Waals surface area (Å²) in [6.07, 6.45) is 8.03. The number of carbonyl (C=O) groups is 2. The molecule has 2 saturated carbocycles. The molecule has 1 aliphatic heterocycles. The quantitative estimate of drug-likeness (QED) is 0.327. The average molecular weight is 601 g/mol. The third-order valence-corrected chi connectivity index (χ3v) is 14.3. The largest absolute Gasteiger partial charge is 0.458 e. The predicted molar refractivity (Wildman–Crippen MR) is 169 cm³/mol. The number of rotatable bonds is 2. The van der Waals surface area contributed by atoms with Gasteiger partial charge < -0.3 is 4.74 Å². The Hall–Kier alpha value is -2.76. The Kier molecular flexibility index (Phi) is 6.08. The van der Waals surface area contributed by atoms with Gasteiger partial charge in [-0.15, -0.1) is 0 Å². The summed E-state index contributed by atoms with van der Waals surface area (Å²) >= 11 is 0. The summed E-state index contributed by atoms with van der Waals surface area (Å²) in [6, 6.07) is 6.74. The Morgan fingerprint density at radius 1 is 1.00 bits per heavy atom. The van der Waals surface area contributed by atoms with E-state index in [0.29, 0.717) is 5.92 Å². The Bertz CT molecular complexity index is 1620. The molecular weight excluding hydrogens is 551 g/mol. The molecule has 0 spiro atoms. The summed E-state index contributed by atoms with van der Waals surface area (Å²) in [5.74, 6) is 0.124. The normalized spacial score (nSPS) is 42.2. The van der Waals surface area contributed by atoms with Crippen LogP contribution >= 0.6 is 0 Å². The SMILES string of the molecule is CCC1(C)CC2C3=CC(=O)C4C5(C)Cc6c(nn(C)c6-c6ccc(F)cc6)C(C)(C)C5CCC4(C)C3(C)CCC2(C)OC1=O. The van der Waals surface area contributed by atoms with Gasteiger partial charge in [0.25, 0.3) is 0 Å². The molecule has 0 amide bonds. The molecule has 2 heterocycles. The van der Waals surface area contributed by atoms with E-state index in [-0.39, 0.29) is 51.1 Å². The molecule has 0 radical (unpaired) electrons. The van der Waals surface area contributed by atoms with E-state index in [2.05, 4.69) is 48.5 Å². The van der Waals surface area contributed by atoms with Crippen LogP contribution in [0.3, 0.4) is 0 Å². The van der Waals surface area contributed by atoms with Gasteiger partial charge >= 0.3 is 5.97 Å². The highest BCUT2D eigenvalue weighted by Crippen LogP contribution is 2.73. The smallest absolute Gasteiger partial charge is 0.312 e. The maximum atomic E-state index is 14.8. The van der Waals surface area contributed by atoms with Crippen molar-refractivity contribution < 1.29 is 18.7 Å². The van der Waals surface area contributed by atoms with Gasteiger partial charge in [-0.3, -0.25) is 14.3 Å². The Balaban J connectivity index is 1.37. The van der Waals surface area contributed by atoms with E-state index in [0.717, 1.165) is 61.9 Å². The fraction of sp³-hybridized carbons (Fsp3) is 0.658. The van der Waals surface area contributed by atoms with E-state index in [4.69, 9.17) is 9.84 Å². The zero-order chi connectivity index (χ0) is 31.8. The Morgan fingerprint density at radius 2 is 1.68 bits per heavy atom. The van der Waals surface area contributed by atoms with Crippen molar-refractivity contribution in [2.24, 2.45) is 46.5 Å². The van der Waals surface area contributed by atoms with Gasteiger partial charge in [-0.05, 0) is 111 Å². The van der Waals surface area contributed by atoms with E-state index in [9.17, 15) is 14.0 Å². The van der Waals surface area contributed by atoms with E-state index < -0.39 is 11.0 Å².